The Balaban J connectivity index is 1.21. The summed E-state index contributed by atoms with van der Waals surface area (Å²) in [6.45, 7) is 0.794. The number of esters is 1. The number of fused-ring (bicyclic) bond motifs is 1. The van der Waals surface area contributed by atoms with Gasteiger partial charge in [-0.25, -0.2) is 0 Å². The van der Waals surface area contributed by atoms with Gasteiger partial charge in [0, 0.05) is 19.5 Å². The van der Waals surface area contributed by atoms with Gasteiger partial charge in [0.1, 0.15) is 5.75 Å². The van der Waals surface area contributed by atoms with Gasteiger partial charge in [-0.05, 0) is 42.7 Å². The van der Waals surface area contributed by atoms with Crippen molar-refractivity contribution in [2.24, 2.45) is 17.8 Å². The Hall–Kier alpha value is -3.48. The molecule has 0 N–H and O–H groups in total. The van der Waals surface area contributed by atoms with Crippen LogP contribution in [0.2, 0.25) is 0 Å². The zero-order valence-corrected chi connectivity index (χ0v) is 18.3. The fraction of sp³-hybridized carbons (Fsp3) is 0.385. The van der Waals surface area contributed by atoms with Crippen LogP contribution < -0.4 is 9.64 Å². The molecule has 7 nitrogen and oxygen atoms in total. The van der Waals surface area contributed by atoms with Gasteiger partial charge < -0.3 is 9.64 Å². The highest BCUT2D eigenvalue weighted by Gasteiger charge is 2.48. The molecule has 3 fully saturated rings. The number of hydrogen-bond acceptors (Lipinski definition) is 5. The highest BCUT2D eigenvalue weighted by Crippen LogP contribution is 2.40. The van der Waals surface area contributed by atoms with Crippen molar-refractivity contribution in [2.45, 2.75) is 38.6 Å². The topological polar surface area (TPSA) is 84.0 Å². The van der Waals surface area contributed by atoms with Crippen LogP contribution in [0.15, 0.2) is 54.6 Å². The summed E-state index contributed by atoms with van der Waals surface area (Å²) in [5, 5.41) is 0. The zero-order chi connectivity index (χ0) is 22.9. The molecule has 0 aromatic heterocycles. The molecule has 3 atom stereocenters. The first-order valence-corrected chi connectivity index (χ1v) is 11.5. The van der Waals surface area contributed by atoms with E-state index in [1.54, 1.807) is 29.2 Å². The molecule has 2 saturated heterocycles. The molecular weight excluding hydrogens is 420 g/mol. The maximum Gasteiger partial charge on any atom is 0.316 e. The molecule has 2 heterocycles. The van der Waals surface area contributed by atoms with E-state index in [9.17, 15) is 19.2 Å². The molecule has 0 bridgehead atoms. The number of nitrogens with zero attached hydrogens (tertiary/aromatic N) is 2. The predicted octanol–water partition coefficient (Wildman–Crippen LogP) is 3.32. The molecule has 0 unspecified atom stereocenters. The third kappa shape index (κ3) is 4.15. The minimum Gasteiger partial charge on any atom is -0.426 e. The van der Waals surface area contributed by atoms with Crippen LogP contribution in [-0.4, -0.2) is 35.1 Å². The highest BCUT2D eigenvalue weighted by molar-refractivity contribution is 6.22. The van der Waals surface area contributed by atoms with Crippen molar-refractivity contribution in [3.05, 3.63) is 60.2 Å². The lowest BCUT2D eigenvalue weighted by Crippen LogP contribution is -2.30. The van der Waals surface area contributed by atoms with Crippen LogP contribution in [0.5, 0.6) is 5.75 Å². The van der Waals surface area contributed by atoms with E-state index in [4.69, 9.17) is 4.74 Å². The van der Waals surface area contributed by atoms with Gasteiger partial charge in [0.2, 0.25) is 17.7 Å². The van der Waals surface area contributed by atoms with Crippen LogP contribution in [0.4, 0.5) is 5.69 Å². The third-order valence-electron chi connectivity index (χ3n) is 6.92. The largest absolute Gasteiger partial charge is 0.426 e. The third-order valence-corrected chi connectivity index (χ3v) is 6.92. The molecule has 1 saturated carbocycles. The summed E-state index contributed by atoms with van der Waals surface area (Å²) >= 11 is 0. The first-order valence-electron chi connectivity index (χ1n) is 11.5. The molecule has 3 aliphatic rings. The number of likely N-dealkylation sites (tertiary alicyclic amines) is 1. The summed E-state index contributed by atoms with van der Waals surface area (Å²) in [6, 6.07) is 16.1. The smallest absolute Gasteiger partial charge is 0.316 e. The number of amides is 3. The lowest BCUT2D eigenvalue weighted by molar-refractivity contribution is -0.139. The monoisotopic (exact) mass is 446 g/mol. The zero-order valence-electron chi connectivity index (χ0n) is 18.3. The first-order chi connectivity index (χ1) is 16.0. The van der Waals surface area contributed by atoms with E-state index >= 15 is 0 Å². The van der Waals surface area contributed by atoms with Crippen LogP contribution >= 0.6 is 0 Å². The van der Waals surface area contributed by atoms with Crippen molar-refractivity contribution in [1.82, 2.24) is 4.90 Å². The number of hydrogen-bond donors (Lipinski definition) is 0. The lowest BCUT2D eigenvalue weighted by Gasteiger charge is -2.19. The molecule has 1 aliphatic carbocycles. The average Bonchev–Trinajstić information content (AvgIpc) is 3.32. The molecule has 7 heteroatoms. The van der Waals surface area contributed by atoms with E-state index in [0.717, 1.165) is 31.2 Å². The van der Waals surface area contributed by atoms with Crippen molar-refractivity contribution in [1.29, 1.82) is 0 Å². The predicted molar refractivity (Wildman–Crippen MR) is 120 cm³/mol. The summed E-state index contributed by atoms with van der Waals surface area (Å²) in [7, 11) is 0. The number of rotatable bonds is 5. The molecule has 170 valence electrons. The number of benzene rings is 2. The Morgan fingerprint density at radius 1 is 0.879 bits per heavy atom. The summed E-state index contributed by atoms with van der Waals surface area (Å²) in [5.41, 5.74) is 1.52. The van der Waals surface area contributed by atoms with Crippen LogP contribution in [-0.2, 0) is 25.7 Å². The van der Waals surface area contributed by atoms with Crippen LogP contribution in [0.1, 0.15) is 37.7 Å². The molecule has 0 spiro atoms. The summed E-state index contributed by atoms with van der Waals surface area (Å²) in [5.74, 6) is -1.38. The molecular formula is C26H26N2O5. The Morgan fingerprint density at radius 3 is 2.15 bits per heavy atom. The standard InChI is InChI=1S/C26H26N2O5/c29-23-14-18(16-27(23)15-17-6-2-1-3-7-17)26(32)33-20-12-10-19(11-13-20)28-24(30)21-8-4-5-9-22(21)25(28)31/h1-3,6-7,10-13,18,21-22H,4-5,8-9,14-16H2/t18-,21-,22+/m1/s1. The second-order valence-corrected chi connectivity index (χ2v) is 9.09. The second-order valence-electron chi connectivity index (χ2n) is 9.09. The van der Waals surface area contributed by atoms with Crippen molar-refractivity contribution >= 4 is 29.4 Å². The van der Waals surface area contributed by atoms with Crippen molar-refractivity contribution in [3.63, 3.8) is 0 Å². The molecule has 2 aromatic rings. The molecule has 5 rings (SSSR count). The summed E-state index contributed by atoms with van der Waals surface area (Å²) in [4.78, 5) is 53.5. The molecule has 0 radical (unpaired) electrons. The maximum absolute atomic E-state index is 12.8. The number of carbonyl (C=O) groups excluding carboxylic acids is 4. The Morgan fingerprint density at radius 2 is 1.52 bits per heavy atom. The van der Waals surface area contributed by atoms with E-state index in [1.165, 1.54) is 4.90 Å². The average molecular weight is 447 g/mol. The van der Waals surface area contributed by atoms with Gasteiger partial charge in [-0.2, -0.15) is 0 Å². The number of anilines is 1. The van der Waals surface area contributed by atoms with E-state index in [1.807, 2.05) is 30.3 Å². The molecule has 3 amide bonds. The normalized spacial score (nSPS) is 24.8. The van der Waals surface area contributed by atoms with Gasteiger partial charge in [-0.15, -0.1) is 0 Å². The number of imide groups is 1. The van der Waals surface area contributed by atoms with Gasteiger partial charge >= 0.3 is 5.97 Å². The second kappa shape index (κ2) is 8.81. The summed E-state index contributed by atoms with van der Waals surface area (Å²) in [6.07, 6.45) is 3.62. The van der Waals surface area contributed by atoms with E-state index in [-0.39, 0.29) is 36.0 Å². The fourth-order valence-electron chi connectivity index (χ4n) is 5.17. The minimum absolute atomic E-state index is 0.0660. The molecule has 33 heavy (non-hydrogen) atoms. The summed E-state index contributed by atoms with van der Waals surface area (Å²) < 4.78 is 5.50. The first kappa shape index (κ1) is 21.4. The Kier molecular flexibility index (Phi) is 5.70. The van der Waals surface area contributed by atoms with Gasteiger partial charge in [0.15, 0.2) is 0 Å². The number of ether oxygens (including phenoxy) is 1. The highest BCUT2D eigenvalue weighted by atomic mass is 16.5. The van der Waals surface area contributed by atoms with Crippen LogP contribution in [0.3, 0.4) is 0 Å². The van der Waals surface area contributed by atoms with Gasteiger partial charge in [-0.1, -0.05) is 43.2 Å². The Bertz CT molecular complexity index is 1060. The lowest BCUT2D eigenvalue weighted by atomic mass is 9.81. The van der Waals surface area contributed by atoms with E-state index in [2.05, 4.69) is 0 Å². The maximum atomic E-state index is 12.8. The van der Waals surface area contributed by atoms with Gasteiger partial charge in [-0.3, -0.25) is 24.1 Å². The van der Waals surface area contributed by atoms with E-state index < -0.39 is 11.9 Å². The van der Waals surface area contributed by atoms with Gasteiger partial charge in [0.25, 0.3) is 0 Å². The van der Waals surface area contributed by atoms with Crippen LogP contribution in [0.25, 0.3) is 0 Å². The fourth-order valence-corrected chi connectivity index (χ4v) is 5.17. The van der Waals surface area contributed by atoms with E-state index in [0.29, 0.717) is 24.5 Å². The molecule has 2 aliphatic heterocycles. The minimum atomic E-state index is -0.522. The molecule has 2 aromatic carbocycles. The quantitative estimate of drug-likeness (QED) is 0.400. The number of carbonyl (C=O) groups is 4. The Labute approximate surface area is 192 Å². The SMILES string of the molecule is O=C(Oc1ccc(N2C(=O)[C@H]3CCCC[C@H]3C2=O)cc1)[C@@H]1CC(=O)N(Cc2ccccc2)C1. The van der Waals surface area contributed by atoms with Gasteiger partial charge in [0.05, 0.1) is 23.4 Å². The van der Waals surface area contributed by atoms with Crippen molar-refractivity contribution < 1.29 is 23.9 Å². The van der Waals surface area contributed by atoms with Crippen LogP contribution in [0, 0.1) is 17.8 Å². The van der Waals surface area contributed by atoms with Crippen molar-refractivity contribution in [2.75, 3.05) is 11.4 Å². The van der Waals surface area contributed by atoms with Crippen molar-refractivity contribution in [3.8, 4) is 5.75 Å².